The van der Waals surface area contributed by atoms with Gasteiger partial charge >= 0.3 is 5.97 Å². The molecule has 200 valence electrons. The first-order chi connectivity index (χ1) is 17.8. The molecule has 2 fully saturated rings. The van der Waals surface area contributed by atoms with Gasteiger partial charge in [0.2, 0.25) is 5.91 Å². The largest absolute Gasteiger partial charge is 0.457 e. The van der Waals surface area contributed by atoms with Crippen molar-refractivity contribution >= 4 is 17.7 Å². The molecule has 0 radical (unpaired) electrons. The smallest absolute Gasteiger partial charge is 0.338 e. The van der Waals surface area contributed by atoms with Crippen LogP contribution in [0.2, 0.25) is 0 Å². The number of rotatable bonds is 7. The van der Waals surface area contributed by atoms with Crippen molar-refractivity contribution in [1.29, 1.82) is 0 Å². The molecule has 1 atom stereocenters. The van der Waals surface area contributed by atoms with E-state index in [2.05, 4.69) is 11.8 Å². The number of nitrogens with zero attached hydrogens (tertiary/aromatic N) is 2. The first-order valence-corrected chi connectivity index (χ1v) is 14.0. The second kappa shape index (κ2) is 10.3. The molecule has 2 heterocycles. The molecular formula is C30H40N2O5. The summed E-state index contributed by atoms with van der Waals surface area (Å²) in [4.78, 5) is 42.1. The number of aliphatic hydroxyl groups excluding tert-OH is 1. The Morgan fingerprint density at radius 3 is 2.62 bits per heavy atom. The van der Waals surface area contributed by atoms with Gasteiger partial charge in [0.1, 0.15) is 6.61 Å². The molecule has 2 aliphatic carbocycles. The van der Waals surface area contributed by atoms with Crippen LogP contribution in [0.1, 0.15) is 105 Å². The van der Waals surface area contributed by atoms with Gasteiger partial charge in [-0.15, -0.1) is 0 Å². The van der Waals surface area contributed by atoms with Crippen LogP contribution in [0, 0.1) is 12.3 Å². The standard InChI is InChI=1S/C30H40N2O5/c1-4-15-31(17-27(34)22-8-9-23-24(19(22)2)18-37-28(23)35)21-10-12-30(13-11-21)14-16-32(29(30)36)25-6-5-7-26(33)20(25)3/h8-9,21,27,34H,4-7,10-18H2,1-3H3/t21?,27-,30?/m0/s1. The van der Waals surface area contributed by atoms with Crippen molar-refractivity contribution in [2.45, 2.75) is 97.3 Å². The molecule has 1 spiro atoms. The number of ketones is 1. The number of carbonyl (C=O) groups excluding carboxylic acids is 3. The van der Waals surface area contributed by atoms with Gasteiger partial charge in [0.05, 0.1) is 17.1 Å². The van der Waals surface area contributed by atoms with Crippen LogP contribution in [0.3, 0.4) is 0 Å². The summed E-state index contributed by atoms with van der Waals surface area (Å²) in [5.74, 6) is 0.122. The maximum absolute atomic E-state index is 13.6. The van der Waals surface area contributed by atoms with Crippen LogP contribution in [-0.2, 0) is 20.9 Å². The van der Waals surface area contributed by atoms with Crippen molar-refractivity contribution in [3.63, 3.8) is 0 Å². The van der Waals surface area contributed by atoms with Gasteiger partial charge in [-0.2, -0.15) is 0 Å². The molecule has 1 aromatic rings. The van der Waals surface area contributed by atoms with Gasteiger partial charge in [-0.05, 0) is 89.0 Å². The fourth-order valence-electron chi connectivity index (χ4n) is 7.11. The molecule has 2 aliphatic heterocycles. The van der Waals surface area contributed by atoms with Crippen LogP contribution >= 0.6 is 0 Å². The number of hydrogen-bond donors (Lipinski definition) is 1. The van der Waals surface area contributed by atoms with Gasteiger partial charge in [0, 0.05) is 42.4 Å². The van der Waals surface area contributed by atoms with Crippen LogP contribution in [0.5, 0.6) is 0 Å². The lowest BCUT2D eigenvalue weighted by molar-refractivity contribution is -0.137. The number of ether oxygens (including phenoxy) is 1. The van der Waals surface area contributed by atoms with Crippen LogP contribution in [0.4, 0.5) is 0 Å². The number of likely N-dealkylation sites (tertiary alicyclic amines) is 1. The third-order valence-corrected chi connectivity index (χ3v) is 9.42. The van der Waals surface area contributed by atoms with Crippen LogP contribution in [-0.4, -0.2) is 58.2 Å². The van der Waals surface area contributed by atoms with Crippen molar-refractivity contribution in [2.24, 2.45) is 5.41 Å². The highest BCUT2D eigenvalue weighted by atomic mass is 16.5. The molecule has 0 unspecified atom stereocenters. The van der Waals surface area contributed by atoms with Crippen LogP contribution in [0.25, 0.3) is 0 Å². The molecule has 1 saturated heterocycles. The van der Waals surface area contributed by atoms with E-state index in [1.165, 1.54) is 0 Å². The highest BCUT2D eigenvalue weighted by Gasteiger charge is 2.50. The second-order valence-electron chi connectivity index (χ2n) is 11.5. The van der Waals surface area contributed by atoms with Gasteiger partial charge < -0.3 is 14.7 Å². The Balaban J connectivity index is 1.25. The van der Waals surface area contributed by atoms with E-state index in [4.69, 9.17) is 4.74 Å². The monoisotopic (exact) mass is 508 g/mol. The zero-order valence-corrected chi connectivity index (χ0v) is 22.5. The molecule has 7 heteroatoms. The van der Waals surface area contributed by atoms with Crippen LogP contribution < -0.4 is 0 Å². The van der Waals surface area contributed by atoms with Crippen molar-refractivity contribution in [3.8, 4) is 0 Å². The van der Waals surface area contributed by atoms with Gasteiger partial charge in [0.25, 0.3) is 0 Å². The molecule has 7 nitrogen and oxygen atoms in total. The number of allylic oxidation sites excluding steroid dienone is 2. The second-order valence-corrected chi connectivity index (χ2v) is 11.5. The first-order valence-electron chi connectivity index (χ1n) is 14.0. The number of carbonyl (C=O) groups is 3. The molecule has 5 rings (SSSR count). The van der Waals surface area contributed by atoms with E-state index in [-0.39, 0.29) is 29.7 Å². The number of esters is 1. The molecule has 1 N–H and O–H groups in total. The molecule has 1 saturated carbocycles. The highest BCUT2D eigenvalue weighted by molar-refractivity contribution is 5.98. The molecule has 1 amide bonds. The van der Waals surface area contributed by atoms with E-state index in [1.54, 1.807) is 6.07 Å². The molecule has 0 bridgehead atoms. The summed E-state index contributed by atoms with van der Waals surface area (Å²) in [5.41, 5.74) is 4.74. The average molecular weight is 509 g/mol. The van der Waals surface area contributed by atoms with E-state index in [1.807, 2.05) is 24.8 Å². The maximum Gasteiger partial charge on any atom is 0.338 e. The SMILES string of the molecule is CCCN(C[C@H](O)c1ccc2c(c1C)COC2=O)C1CCC2(CC1)CCN(C1=C(C)C(=O)CCC1)C2=O. The number of hydrogen-bond acceptors (Lipinski definition) is 6. The third-order valence-electron chi connectivity index (χ3n) is 9.42. The highest BCUT2D eigenvalue weighted by Crippen LogP contribution is 2.48. The molecule has 37 heavy (non-hydrogen) atoms. The Hall–Kier alpha value is -2.51. The number of aliphatic hydroxyl groups is 1. The molecule has 4 aliphatic rings. The summed E-state index contributed by atoms with van der Waals surface area (Å²) in [7, 11) is 0. The fraction of sp³-hybridized carbons (Fsp3) is 0.633. The topological polar surface area (TPSA) is 87.2 Å². The molecule has 1 aromatic carbocycles. The quantitative estimate of drug-likeness (QED) is 0.542. The molecular weight excluding hydrogens is 468 g/mol. The summed E-state index contributed by atoms with van der Waals surface area (Å²) in [6, 6.07) is 3.97. The summed E-state index contributed by atoms with van der Waals surface area (Å²) in [6.07, 6.45) is 7.08. The molecule has 0 aromatic heterocycles. The summed E-state index contributed by atoms with van der Waals surface area (Å²) in [6.45, 7) is 8.44. The lowest BCUT2D eigenvalue weighted by Gasteiger charge is -2.41. The minimum Gasteiger partial charge on any atom is -0.457 e. The summed E-state index contributed by atoms with van der Waals surface area (Å²) >= 11 is 0. The van der Waals surface area contributed by atoms with Gasteiger partial charge in [-0.25, -0.2) is 4.79 Å². The Labute approximate surface area is 219 Å². The van der Waals surface area contributed by atoms with E-state index in [9.17, 15) is 19.5 Å². The van der Waals surface area contributed by atoms with Crippen LogP contribution in [0.15, 0.2) is 23.4 Å². The predicted molar refractivity (Wildman–Crippen MR) is 140 cm³/mol. The van der Waals surface area contributed by atoms with Gasteiger partial charge in [0.15, 0.2) is 5.78 Å². The maximum atomic E-state index is 13.6. The number of Topliss-reactive ketones (excluding diaryl/α,β-unsaturated/α-hetero) is 1. The zero-order chi connectivity index (χ0) is 26.3. The Morgan fingerprint density at radius 2 is 1.89 bits per heavy atom. The zero-order valence-electron chi connectivity index (χ0n) is 22.5. The van der Waals surface area contributed by atoms with E-state index in [0.717, 1.165) is 92.4 Å². The van der Waals surface area contributed by atoms with E-state index in [0.29, 0.717) is 24.6 Å². The Kier molecular flexibility index (Phi) is 7.29. The van der Waals surface area contributed by atoms with Crippen molar-refractivity contribution in [2.75, 3.05) is 19.6 Å². The average Bonchev–Trinajstić information content (AvgIpc) is 3.42. The van der Waals surface area contributed by atoms with Crippen molar-refractivity contribution in [3.05, 3.63) is 45.7 Å². The van der Waals surface area contributed by atoms with Gasteiger partial charge in [-0.1, -0.05) is 13.0 Å². The first kappa shape index (κ1) is 26.1. The van der Waals surface area contributed by atoms with Crippen molar-refractivity contribution in [1.82, 2.24) is 9.80 Å². The minimum atomic E-state index is -0.647. The third kappa shape index (κ3) is 4.65. The van der Waals surface area contributed by atoms with E-state index >= 15 is 0 Å². The number of benzene rings is 1. The number of fused-ring (bicyclic) bond motifs is 1. The number of amides is 1. The lowest BCUT2D eigenvalue weighted by Crippen LogP contribution is -2.45. The van der Waals surface area contributed by atoms with Gasteiger partial charge in [-0.3, -0.25) is 14.5 Å². The normalized spacial score (nSPS) is 26.9. The van der Waals surface area contributed by atoms with E-state index < -0.39 is 6.10 Å². The summed E-state index contributed by atoms with van der Waals surface area (Å²) in [5, 5.41) is 11.2. The predicted octanol–water partition coefficient (Wildman–Crippen LogP) is 4.60. The Morgan fingerprint density at radius 1 is 1.14 bits per heavy atom. The number of cyclic esters (lactones) is 1. The fourth-order valence-corrected chi connectivity index (χ4v) is 7.11. The minimum absolute atomic E-state index is 0.185. The summed E-state index contributed by atoms with van der Waals surface area (Å²) < 4.78 is 5.18. The van der Waals surface area contributed by atoms with Crippen molar-refractivity contribution < 1.29 is 24.2 Å². The lowest BCUT2D eigenvalue weighted by atomic mass is 9.71. The Bertz CT molecular complexity index is 1130.